The van der Waals surface area contributed by atoms with E-state index in [0.717, 1.165) is 27.6 Å². The zero-order valence-electron chi connectivity index (χ0n) is 16.2. The second-order valence-corrected chi connectivity index (χ2v) is 9.43. The largest absolute Gasteiger partial charge is 0.282 e. The molecule has 150 valence electrons. The maximum Gasteiger partial charge on any atom is 0.233 e. The van der Waals surface area contributed by atoms with Crippen LogP contribution in [0.15, 0.2) is 70.5 Å². The van der Waals surface area contributed by atoms with Gasteiger partial charge in [-0.15, -0.1) is 0 Å². The third-order valence-corrected chi connectivity index (χ3v) is 7.92. The first kappa shape index (κ1) is 18.0. The Morgan fingerprint density at radius 2 is 1.40 bits per heavy atom. The number of fused-ring (bicyclic) bond motifs is 7. The maximum atomic E-state index is 13.3. The average Bonchev–Trinajstić information content (AvgIpc) is 3.44. The Morgan fingerprint density at radius 1 is 0.867 bits per heavy atom. The second-order valence-electron chi connectivity index (χ2n) is 8.34. The molecule has 2 heterocycles. The normalized spacial score (nSPS) is 28.0. The van der Waals surface area contributed by atoms with Gasteiger partial charge >= 0.3 is 0 Å². The predicted molar refractivity (Wildman–Crippen MR) is 113 cm³/mol. The molecule has 2 bridgehead atoms. The van der Waals surface area contributed by atoms with E-state index in [0.29, 0.717) is 0 Å². The van der Waals surface area contributed by atoms with Crippen LogP contribution in [-0.2, 0) is 14.4 Å². The number of anilines is 2. The van der Waals surface area contributed by atoms with Crippen molar-refractivity contribution in [1.29, 1.82) is 0 Å². The van der Waals surface area contributed by atoms with Crippen molar-refractivity contribution in [3.05, 3.63) is 60.7 Å². The molecule has 2 aliphatic heterocycles. The minimum absolute atomic E-state index is 0.0929. The number of rotatable bonds is 3. The topological polar surface area (TPSA) is 57.7 Å². The highest BCUT2D eigenvalue weighted by molar-refractivity contribution is 7.99. The molecule has 2 aromatic rings. The molecule has 2 aliphatic carbocycles. The molecule has 1 saturated carbocycles. The van der Waals surface area contributed by atoms with Crippen LogP contribution in [0.1, 0.15) is 12.8 Å². The maximum absolute atomic E-state index is 13.3. The van der Waals surface area contributed by atoms with Crippen molar-refractivity contribution in [1.82, 2.24) is 4.90 Å². The Bertz CT molecular complexity index is 1050. The molecule has 1 saturated heterocycles. The Labute approximate surface area is 178 Å². The number of para-hydroxylation sites is 2. The standard InChI is InChI=1S/C24H20N2O3S/c27-20(11-12-25-23(28)21-14-9-10-15(13-14)22(21)24(25)29)26-16-5-1-3-7-18(16)30-19-8-4-2-6-17(19)26/h1-10,14-15,21-22H,11-13H2/t14-,15-,21-,22+/m0/s1. The molecule has 0 N–H and O–H groups in total. The van der Waals surface area contributed by atoms with Gasteiger partial charge in [-0.3, -0.25) is 24.2 Å². The van der Waals surface area contributed by atoms with Gasteiger partial charge in [-0.05, 0) is 42.5 Å². The summed E-state index contributed by atoms with van der Waals surface area (Å²) in [6.07, 6.45) is 5.21. The minimum atomic E-state index is -0.213. The number of hydrogen-bond acceptors (Lipinski definition) is 4. The number of likely N-dealkylation sites (tertiary alicyclic amines) is 1. The summed E-state index contributed by atoms with van der Waals surface area (Å²) in [5, 5.41) is 0. The third kappa shape index (κ3) is 2.46. The summed E-state index contributed by atoms with van der Waals surface area (Å²) in [4.78, 5) is 44.3. The summed E-state index contributed by atoms with van der Waals surface area (Å²) >= 11 is 1.65. The lowest BCUT2D eigenvalue weighted by Gasteiger charge is -2.31. The average molecular weight is 417 g/mol. The third-order valence-electron chi connectivity index (χ3n) is 6.79. The van der Waals surface area contributed by atoms with E-state index in [-0.39, 0.29) is 54.4 Å². The van der Waals surface area contributed by atoms with E-state index >= 15 is 0 Å². The summed E-state index contributed by atoms with van der Waals surface area (Å²) in [6.45, 7) is 0.150. The van der Waals surface area contributed by atoms with Gasteiger partial charge in [0.05, 0.1) is 23.2 Å². The van der Waals surface area contributed by atoms with Gasteiger partial charge < -0.3 is 0 Å². The van der Waals surface area contributed by atoms with Gasteiger partial charge in [0.15, 0.2) is 0 Å². The number of carbonyl (C=O) groups excluding carboxylic acids is 3. The van der Waals surface area contributed by atoms with Crippen LogP contribution in [-0.4, -0.2) is 29.2 Å². The summed E-state index contributed by atoms with van der Waals surface area (Å²) in [6, 6.07) is 15.7. The second kappa shape index (κ2) is 6.57. The van der Waals surface area contributed by atoms with Crippen LogP contribution in [0.4, 0.5) is 11.4 Å². The van der Waals surface area contributed by atoms with Crippen LogP contribution >= 0.6 is 11.8 Å². The molecule has 0 unspecified atom stereocenters. The summed E-state index contributed by atoms with van der Waals surface area (Å²) < 4.78 is 0. The molecule has 2 fully saturated rings. The van der Waals surface area contributed by atoms with Crippen molar-refractivity contribution in [2.75, 3.05) is 11.4 Å². The number of imide groups is 1. The summed E-state index contributed by atoms with van der Waals surface area (Å²) in [5.41, 5.74) is 1.70. The van der Waals surface area contributed by atoms with Crippen LogP contribution in [0.5, 0.6) is 0 Å². The molecule has 4 atom stereocenters. The highest BCUT2D eigenvalue weighted by atomic mass is 32.2. The molecule has 0 spiro atoms. The van der Waals surface area contributed by atoms with E-state index in [1.165, 1.54) is 4.90 Å². The Kier molecular flexibility index (Phi) is 3.93. The molecule has 3 amide bonds. The van der Waals surface area contributed by atoms with E-state index in [9.17, 15) is 14.4 Å². The lowest BCUT2D eigenvalue weighted by atomic mass is 9.85. The number of benzene rings is 2. The fourth-order valence-corrected chi connectivity index (χ4v) is 6.53. The first-order valence-corrected chi connectivity index (χ1v) is 11.2. The zero-order chi connectivity index (χ0) is 20.4. The summed E-state index contributed by atoms with van der Waals surface area (Å²) in [5.74, 6) is -0.334. The Hall–Kier alpha value is -2.86. The number of amides is 3. The van der Waals surface area contributed by atoms with Crippen LogP contribution in [0.2, 0.25) is 0 Å². The first-order valence-electron chi connectivity index (χ1n) is 10.4. The molecule has 30 heavy (non-hydrogen) atoms. The minimum Gasteiger partial charge on any atom is -0.282 e. The van der Waals surface area contributed by atoms with Crippen molar-refractivity contribution >= 4 is 40.9 Å². The molecule has 6 rings (SSSR count). The fraction of sp³-hybridized carbons (Fsp3) is 0.292. The molecule has 0 radical (unpaired) electrons. The molecule has 5 nitrogen and oxygen atoms in total. The van der Waals surface area contributed by atoms with E-state index < -0.39 is 0 Å². The highest BCUT2D eigenvalue weighted by Crippen LogP contribution is 2.52. The monoisotopic (exact) mass is 416 g/mol. The number of hydrogen-bond donors (Lipinski definition) is 0. The van der Waals surface area contributed by atoms with Gasteiger partial charge in [-0.1, -0.05) is 48.2 Å². The zero-order valence-corrected chi connectivity index (χ0v) is 17.0. The van der Waals surface area contributed by atoms with Gasteiger partial charge in [0.2, 0.25) is 17.7 Å². The van der Waals surface area contributed by atoms with Gasteiger partial charge in [-0.2, -0.15) is 0 Å². The number of nitrogens with zero attached hydrogens (tertiary/aromatic N) is 2. The number of carbonyl (C=O) groups is 3. The van der Waals surface area contributed by atoms with E-state index in [1.807, 2.05) is 48.5 Å². The molecule has 2 aromatic carbocycles. The molecular weight excluding hydrogens is 396 g/mol. The predicted octanol–water partition coefficient (Wildman–Crippen LogP) is 4.01. The van der Waals surface area contributed by atoms with Crippen molar-refractivity contribution in [2.24, 2.45) is 23.7 Å². The Morgan fingerprint density at radius 3 is 1.97 bits per heavy atom. The summed E-state index contributed by atoms with van der Waals surface area (Å²) in [7, 11) is 0. The van der Waals surface area contributed by atoms with Gasteiger partial charge in [0.25, 0.3) is 0 Å². The molecular formula is C24H20N2O3S. The van der Waals surface area contributed by atoms with Gasteiger partial charge in [-0.25, -0.2) is 0 Å². The quantitative estimate of drug-likeness (QED) is 0.560. The molecule has 4 aliphatic rings. The Balaban J connectivity index is 1.25. The van der Waals surface area contributed by atoms with Crippen LogP contribution in [0.25, 0.3) is 0 Å². The molecule has 6 heteroatoms. The van der Waals surface area contributed by atoms with Gasteiger partial charge in [0, 0.05) is 22.8 Å². The smallest absolute Gasteiger partial charge is 0.233 e. The molecule has 0 aromatic heterocycles. The van der Waals surface area contributed by atoms with Crippen molar-refractivity contribution in [2.45, 2.75) is 22.6 Å². The van der Waals surface area contributed by atoms with E-state index in [2.05, 4.69) is 12.2 Å². The van der Waals surface area contributed by atoms with Crippen LogP contribution in [0, 0.1) is 23.7 Å². The fourth-order valence-electron chi connectivity index (χ4n) is 5.48. The van der Waals surface area contributed by atoms with Gasteiger partial charge in [0.1, 0.15) is 0 Å². The highest BCUT2D eigenvalue weighted by Gasteiger charge is 2.59. The van der Waals surface area contributed by atoms with E-state index in [1.54, 1.807) is 16.7 Å². The lowest BCUT2D eigenvalue weighted by molar-refractivity contribution is -0.140. The van der Waals surface area contributed by atoms with Crippen LogP contribution in [0.3, 0.4) is 0 Å². The SMILES string of the molecule is O=C1[C@@H]2[C@H](C(=O)N1CCC(=O)N1c3ccccc3Sc3ccccc31)[C@H]1C=C[C@H]2C1. The van der Waals surface area contributed by atoms with Crippen molar-refractivity contribution < 1.29 is 14.4 Å². The number of allylic oxidation sites excluding steroid dienone is 2. The first-order chi connectivity index (χ1) is 14.6. The lowest BCUT2D eigenvalue weighted by Crippen LogP contribution is -2.37. The van der Waals surface area contributed by atoms with E-state index in [4.69, 9.17) is 0 Å². The van der Waals surface area contributed by atoms with Crippen molar-refractivity contribution in [3.8, 4) is 0 Å². The van der Waals surface area contributed by atoms with Crippen LogP contribution < -0.4 is 4.90 Å². The van der Waals surface area contributed by atoms with Crippen molar-refractivity contribution in [3.63, 3.8) is 0 Å².